The maximum Gasteiger partial charge on any atom is 0.0948 e. The van der Waals surface area contributed by atoms with Crippen LogP contribution in [-0.4, -0.2) is 56.7 Å². The lowest BCUT2D eigenvalue weighted by atomic mass is 10.1. The van der Waals surface area contributed by atoms with Gasteiger partial charge in [0, 0.05) is 58.1 Å². The summed E-state index contributed by atoms with van der Waals surface area (Å²) in [7, 11) is 0. The van der Waals surface area contributed by atoms with Gasteiger partial charge < -0.3 is 9.67 Å². The lowest BCUT2D eigenvalue weighted by Gasteiger charge is -2.41. The summed E-state index contributed by atoms with van der Waals surface area (Å²) in [6.07, 6.45) is 4.79. The molecule has 3 rings (SSSR count). The molecule has 25 heavy (non-hydrogen) atoms. The van der Waals surface area contributed by atoms with Crippen molar-refractivity contribution >= 4 is 11.3 Å². The van der Waals surface area contributed by atoms with Crippen molar-refractivity contribution < 1.29 is 5.11 Å². The number of nitrogens with zero attached hydrogens (tertiary/aromatic N) is 4. The van der Waals surface area contributed by atoms with E-state index in [0.717, 1.165) is 45.7 Å². The number of piperazine rings is 1. The summed E-state index contributed by atoms with van der Waals surface area (Å²) in [5.74, 6) is 0.623. The molecule has 1 atom stereocenters. The van der Waals surface area contributed by atoms with E-state index < -0.39 is 0 Å². The molecule has 0 aliphatic carbocycles. The molecule has 0 bridgehead atoms. The zero-order chi connectivity index (χ0) is 17.6. The smallest absolute Gasteiger partial charge is 0.0948 e. The van der Waals surface area contributed by atoms with Crippen LogP contribution in [0.1, 0.15) is 31.5 Å². The number of rotatable bonds is 8. The first kappa shape index (κ1) is 18.6. The van der Waals surface area contributed by atoms with Crippen LogP contribution in [0, 0.1) is 5.92 Å². The molecule has 1 fully saturated rings. The van der Waals surface area contributed by atoms with Gasteiger partial charge in [-0.2, -0.15) is 11.3 Å². The van der Waals surface area contributed by atoms with Crippen molar-refractivity contribution in [1.29, 1.82) is 0 Å². The third-order valence-electron chi connectivity index (χ3n) is 4.86. The quantitative estimate of drug-likeness (QED) is 0.784. The fourth-order valence-corrected chi connectivity index (χ4v) is 4.28. The van der Waals surface area contributed by atoms with Crippen LogP contribution in [0.4, 0.5) is 0 Å². The Bertz CT molecular complexity index is 625. The molecule has 5 nitrogen and oxygen atoms in total. The molecular formula is C19H30N4OS. The van der Waals surface area contributed by atoms with E-state index in [1.807, 2.05) is 12.5 Å². The van der Waals surface area contributed by atoms with Crippen LogP contribution < -0.4 is 0 Å². The first-order chi connectivity index (χ1) is 12.2. The van der Waals surface area contributed by atoms with Crippen molar-refractivity contribution in [2.75, 3.05) is 26.2 Å². The molecule has 1 unspecified atom stereocenters. The van der Waals surface area contributed by atoms with Crippen LogP contribution in [0.5, 0.6) is 0 Å². The number of imidazole rings is 1. The van der Waals surface area contributed by atoms with Gasteiger partial charge in [-0.1, -0.05) is 13.8 Å². The molecule has 1 aliphatic rings. The molecule has 2 aromatic rings. The van der Waals surface area contributed by atoms with Gasteiger partial charge >= 0.3 is 0 Å². The minimum absolute atomic E-state index is 0.254. The van der Waals surface area contributed by atoms with Crippen LogP contribution >= 0.6 is 11.3 Å². The average Bonchev–Trinajstić information content (AvgIpc) is 3.22. The number of aliphatic hydroxyl groups is 1. The van der Waals surface area contributed by atoms with E-state index >= 15 is 0 Å². The monoisotopic (exact) mass is 362 g/mol. The Labute approximate surface area is 154 Å². The lowest BCUT2D eigenvalue weighted by molar-refractivity contribution is 0.0489. The fourth-order valence-electron chi connectivity index (χ4n) is 3.62. The molecule has 138 valence electrons. The first-order valence-corrected chi connectivity index (χ1v) is 10.2. The molecule has 1 N–H and O–H groups in total. The fraction of sp³-hybridized carbons (Fsp3) is 0.632. The zero-order valence-corrected chi connectivity index (χ0v) is 16.2. The summed E-state index contributed by atoms with van der Waals surface area (Å²) in [6, 6.07) is 2.62. The average molecular weight is 363 g/mol. The van der Waals surface area contributed by atoms with E-state index in [2.05, 4.69) is 50.0 Å². The van der Waals surface area contributed by atoms with E-state index in [1.165, 1.54) is 11.3 Å². The normalized spacial score (nSPS) is 19.8. The van der Waals surface area contributed by atoms with Crippen molar-refractivity contribution in [3.8, 4) is 0 Å². The highest BCUT2D eigenvalue weighted by Gasteiger charge is 2.27. The highest BCUT2D eigenvalue weighted by Crippen LogP contribution is 2.19. The van der Waals surface area contributed by atoms with Gasteiger partial charge in [0.15, 0.2) is 0 Å². The second kappa shape index (κ2) is 8.94. The maximum absolute atomic E-state index is 9.49. The lowest BCUT2D eigenvalue weighted by Crippen LogP contribution is -2.52. The molecule has 1 aliphatic heterocycles. The third-order valence-corrected chi connectivity index (χ3v) is 5.59. The Kier molecular flexibility index (Phi) is 6.64. The predicted molar refractivity (Wildman–Crippen MR) is 103 cm³/mol. The van der Waals surface area contributed by atoms with Crippen molar-refractivity contribution in [1.82, 2.24) is 19.4 Å². The highest BCUT2D eigenvalue weighted by atomic mass is 32.1. The van der Waals surface area contributed by atoms with Crippen LogP contribution in [-0.2, 0) is 19.6 Å². The topological polar surface area (TPSA) is 44.5 Å². The zero-order valence-electron chi connectivity index (χ0n) is 15.3. The molecule has 6 heteroatoms. The van der Waals surface area contributed by atoms with Gasteiger partial charge in [-0.05, 0) is 34.7 Å². The van der Waals surface area contributed by atoms with Crippen LogP contribution in [0.25, 0.3) is 0 Å². The van der Waals surface area contributed by atoms with Crippen LogP contribution in [0.3, 0.4) is 0 Å². The molecular weight excluding hydrogens is 332 g/mol. The number of hydrogen-bond acceptors (Lipinski definition) is 5. The van der Waals surface area contributed by atoms with Gasteiger partial charge in [0.2, 0.25) is 0 Å². The van der Waals surface area contributed by atoms with Gasteiger partial charge in [-0.25, -0.2) is 4.98 Å². The van der Waals surface area contributed by atoms with Crippen molar-refractivity contribution in [3.63, 3.8) is 0 Å². The molecule has 0 radical (unpaired) electrons. The molecule has 0 spiro atoms. The Morgan fingerprint density at radius 2 is 2.20 bits per heavy atom. The number of aliphatic hydroxyl groups excluding tert-OH is 1. The minimum Gasteiger partial charge on any atom is -0.396 e. The Balaban J connectivity index is 1.60. The predicted octanol–water partition coefficient (Wildman–Crippen LogP) is 2.67. The summed E-state index contributed by atoms with van der Waals surface area (Å²) in [5.41, 5.74) is 2.68. The molecule has 0 saturated carbocycles. The number of thiophene rings is 1. The summed E-state index contributed by atoms with van der Waals surface area (Å²) < 4.78 is 2.28. The summed E-state index contributed by atoms with van der Waals surface area (Å²) in [6.45, 7) is 10.8. The Hall–Kier alpha value is -1.21. The number of aromatic nitrogens is 2. The van der Waals surface area contributed by atoms with Crippen molar-refractivity contribution in [2.45, 2.75) is 45.9 Å². The number of hydrogen-bond donors (Lipinski definition) is 1. The second-order valence-corrected chi connectivity index (χ2v) is 8.21. The third kappa shape index (κ3) is 5.14. The van der Waals surface area contributed by atoms with Gasteiger partial charge in [0.1, 0.15) is 0 Å². The standard InChI is InChI=1S/C19H30N4OS/c1-16(2)10-23-15-20-9-19(23)13-21-5-6-22(18(12-21)3-7-24)11-17-4-8-25-14-17/h4,8-9,14-16,18,24H,3,5-7,10-13H2,1-2H3. The van der Waals surface area contributed by atoms with E-state index in [9.17, 15) is 5.11 Å². The first-order valence-electron chi connectivity index (χ1n) is 9.23. The molecule has 3 heterocycles. The van der Waals surface area contributed by atoms with E-state index in [4.69, 9.17) is 0 Å². The molecule has 0 aromatic carbocycles. The minimum atomic E-state index is 0.254. The second-order valence-electron chi connectivity index (χ2n) is 7.43. The van der Waals surface area contributed by atoms with Gasteiger partial charge in [0.25, 0.3) is 0 Å². The van der Waals surface area contributed by atoms with E-state index in [0.29, 0.717) is 12.0 Å². The highest BCUT2D eigenvalue weighted by molar-refractivity contribution is 7.07. The van der Waals surface area contributed by atoms with Crippen molar-refractivity contribution in [2.24, 2.45) is 5.92 Å². The maximum atomic E-state index is 9.49. The van der Waals surface area contributed by atoms with E-state index in [-0.39, 0.29) is 6.61 Å². The Morgan fingerprint density at radius 1 is 1.32 bits per heavy atom. The van der Waals surface area contributed by atoms with Gasteiger partial charge in [-0.3, -0.25) is 9.80 Å². The Morgan fingerprint density at radius 3 is 2.92 bits per heavy atom. The molecule has 0 amide bonds. The summed E-state index contributed by atoms with van der Waals surface area (Å²) in [4.78, 5) is 9.39. The molecule has 2 aromatic heterocycles. The van der Waals surface area contributed by atoms with Crippen molar-refractivity contribution in [3.05, 3.63) is 40.6 Å². The van der Waals surface area contributed by atoms with Crippen LogP contribution in [0.15, 0.2) is 29.4 Å². The van der Waals surface area contributed by atoms with Crippen LogP contribution in [0.2, 0.25) is 0 Å². The van der Waals surface area contributed by atoms with E-state index in [1.54, 1.807) is 11.3 Å². The van der Waals surface area contributed by atoms with Gasteiger partial charge in [-0.15, -0.1) is 0 Å². The SMILES string of the molecule is CC(C)Cn1cncc1CN1CCN(Cc2ccsc2)C(CCO)C1. The van der Waals surface area contributed by atoms with Gasteiger partial charge in [0.05, 0.1) is 12.0 Å². The largest absolute Gasteiger partial charge is 0.396 e. The summed E-state index contributed by atoms with van der Waals surface area (Å²) >= 11 is 1.76. The molecule has 1 saturated heterocycles. The summed E-state index contributed by atoms with van der Waals surface area (Å²) in [5, 5.41) is 13.9.